The molecule has 2 aliphatic rings. The van der Waals surface area contributed by atoms with Crippen LogP contribution in [0.1, 0.15) is 44.6 Å². The molecule has 0 radical (unpaired) electrons. The summed E-state index contributed by atoms with van der Waals surface area (Å²) in [4.78, 5) is 32.7. The van der Waals surface area contributed by atoms with Crippen molar-refractivity contribution in [2.75, 3.05) is 10.2 Å². The third kappa shape index (κ3) is 3.14. The number of rotatable bonds is 4. The lowest BCUT2D eigenvalue weighted by Gasteiger charge is -2.30. The van der Waals surface area contributed by atoms with Crippen LogP contribution in [0.25, 0.3) is 11.0 Å². The number of carbonyl (C=O) groups excluding carboxylic acids is 2. The normalized spacial score (nSPS) is 19.3. The van der Waals surface area contributed by atoms with Crippen molar-refractivity contribution in [3.63, 3.8) is 0 Å². The van der Waals surface area contributed by atoms with Crippen LogP contribution < -0.4 is 10.2 Å². The summed E-state index contributed by atoms with van der Waals surface area (Å²) in [5.41, 5.74) is 1.76. The molecule has 1 aliphatic carbocycles. The van der Waals surface area contributed by atoms with Crippen molar-refractivity contribution in [1.29, 1.82) is 0 Å². The number of benzene rings is 2. The smallest absolute Gasteiger partial charge is 0.253 e. The van der Waals surface area contributed by atoms with E-state index >= 15 is 0 Å². The van der Waals surface area contributed by atoms with Crippen LogP contribution in [-0.4, -0.2) is 27.4 Å². The number of halogens is 1. The van der Waals surface area contributed by atoms with Gasteiger partial charge in [0, 0.05) is 6.04 Å². The second-order valence-corrected chi connectivity index (χ2v) is 8.02. The van der Waals surface area contributed by atoms with E-state index in [1.807, 2.05) is 28.8 Å². The average Bonchev–Trinajstić information content (AvgIpc) is 3.25. The number of aromatic nitrogens is 2. The van der Waals surface area contributed by atoms with Gasteiger partial charge in [-0.25, -0.2) is 9.37 Å². The summed E-state index contributed by atoms with van der Waals surface area (Å²) in [6.07, 6.45) is 5.19. The van der Waals surface area contributed by atoms with Gasteiger partial charge in [0.15, 0.2) is 0 Å². The van der Waals surface area contributed by atoms with Crippen molar-refractivity contribution in [3.8, 4) is 0 Å². The number of hydrogen-bond donors (Lipinski definition) is 1. The van der Waals surface area contributed by atoms with Crippen molar-refractivity contribution < 1.29 is 14.0 Å². The summed E-state index contributed by atoms with van der Waals surface area (Å²) < 4.78 is 15.8. The number of carbonyl (C=O) groups is 2. The number of amides is 2. The first kappa shape index (κ1) is 18.8. The molecule has 7 heteroatoms. The van der Waals surface area contributed by atoms with Crippen LogP contribution in [0.3, 0.4) is 0 Å². The highest BCUT2D eigenvalue weighted by Gasteiger charge is 2.44. The topological polar surface area (TPSA) is 67.2 Å². The van der Waals surface area contributed by atoms with Crippen LogP contribution in [-0.2, 0) is 9.59 Å². The summed E-state index contributed by atoms with van der Waals surface area (Å²) in [7, 11) is 0. The van der Waals surface area contributed by atoms with Gasteiger partial charge in [-0.15, -0.1) is 0 Å². The maximum Gasteiger partial charge on any atom is 0.253 e. The molecule has 3 aromatic rings. The van der Waals surface area contributed by atoms with Crippen molar-refractivity contribution in [3.05, 3.63) is 54.3 Å². The monoisotopic (exact) mass is 406 g/mol. The van der Waals surface area contributed by atoms with Gasteiger partial charge in [0.2, 0.25) is 11.9 Å². The fraction of sp³-hybridized carbons (Fsp3) is 0.348. The number of nitrogens with one attached hydrogen (secondary N) is 1. The summed E-state index contributed by atoms with van der Waals surface area (Å²) >= 11 is 0. The van der Waals surface area contributed by atoms with Gasteiger partial charge in [0.1, 0.15) is 11.9 Å². The molecule has 0 spiro atoms. The van der Waals surface area contributed by atoms with Crippen LogP contribution in [0.4, 0.5) is 16.0 Å². The first-order chi connectivity index (χ1) is 14.6. The van der Waals surface area contributed by atoms with Crippen LogP contribution >= 0.6 is 0 Å². The zero-order valence-electron chi connectivity index (χ0n) is 16.6. The number of imidazole rings is 1. The summed E-state index contributed by atoms with van der Waals surface area (Å²) in [6.45, 7) is 0. The van der Waals surface area contributed by atoms with E-state index in [1.54, 1.807) is 17.0 Å². The van der Waals surface area contributed by atoms with Gasteiger partial charge >= 0.3 is 0 Å². The molecule has 1 fully saturated rings. The molecule has 2 heterocycles. The molecule has 1 aromatic heterocycles. The quantitative estimate of drug-likeness (QED) is 0.697. The molecule has 6 nitrogen and oxygen atoms in total. The van der Waals surface area contributed by atoms with E-state index in [2.05, 4.69) is 5.32 Å². The number of hydrogen-bond acceptors (Lipinski definition) is 3. The van der Waals surface area contributed by atoms with E-state index in [-0.39, 0.29) is 24.1 Å². The SMILES string of the molecule is O=C(CC1C(=O)N(C2CCCCC2)c2nc3ccccc3n21)Nc1ccccc1F. The third-order valence-electron chi connectivity index (χ3n) is 6.09. The Hall–Kier alpha value is -3.22. The van der Waals surface area contributed by atoms with Gasteiger partial charge in [-0.1, -0.05) is 43.5 Å². The van der Waals surface area contributed by atoms with Gasteiger partial charge < -0.3 is 5.32 Å². The average molecular weight is 406 g/mol. The molecular weight excluding hydrogens is 383 g/mol. The fourth-order valence-corrected chi connectivity index (χ4v) is 4.68. The lowest BCUT2D eigenvalue weighted by molar-refractivity contribution is -0.125. The molecule has 2 aromatic carbocycles. The first-order valence-electron chi connectivity index (χ1n) is 10.5. The van der Waals surface area contributed by atoms with Crippen LogP contribution in [0.5, 0.6) is 0 Å². The van der Waals surface area contributed by atoms with Gasteiger partial charge in [-0.3, -0.25) is 19.1 Å². The second kappa shape index (κ2) is 7.55. The minimum absolute atomic E-state index is 0.0657. The van der Waals surface area contributed by atoms with E-state index in [4.69, 9.17) is 4.98 Å². The Morgan fingerprint density at radius 2 is 1.80 bits per heavy atom. The van der Waals surface area contributed by atoms with E-state index in [9.17, 15) is 14.0 Å². The zero-order valence-corrected chi connectivity index (χ0v) is 16.6. The molecule has 154 valence electrons. The van der Waals surface area contributed by atoms with Crippen molar-refractivity contribution in [2.24, 2.45) is 0 Å². The Morgan fingerprint density at radius 3 is 2.60 bits per heavy atom. The van der Waals surface area contributed by atoms with Crippen LogP contribution in [0.2, 0.25) is 0 Å². The molecule has 1 aliphatic heterocycles. The molecule has 5 rings (SSSR count). The number of fused-ring (bicyclic) bond motifs is 3. The van der Waals surface area contributed by atoms with Gasteiger partial charge in [-0.05, 0) is 37.1 Å². The van der Waals surface area contributed by atoms with Crippen LogP contribution in [0, 0.1) is 5.82 Å². The molecule has 1 N–H and O–H groups in total. The minimum Gasteiger partial charge on any atom is -0.324 e. The Labute approximate surface area is 173 Å². The predicted molar refractivity (Wildman–Crippen MR) is 113 cm³/mol. The molecule has 0 saturated heterocycles. The molecule has 30 heavy (non-hydrogen) atoms. The molecule has 1 atom stereocenters. The highest BCUT2D eigenvalue weighted by Crippen LogP contribution is 2.40. The molecule has 0 bridgehead atoms. The molecular formula is C23H23FN4O2. The Balaban J connectivity index is 1.48. The Morgan fingerprint density at radius 1 is 1.07 bits per heavy atom. The number of anilines is 2. The summed E-state index contributed by atoms with van der Waals surface area (Å²) in [5.74, 6) is -0.371. The largest absolute Gasteiger partial charge is 0.324 e. The standard InChI is InChI=1S/C23H23FN4O2/c24-16-10-4-5-11-17(16)25-21(29)14-20-22(30)27(15-8-2-1-3-9-15)23-26-18-12-6-7-13-19(18)28(20)23/h4-7,10-13,15,20H,1-3,8-9,14H2,(H,25,29). The number of para-hydroxylation sites is 3. The maximum absolute atomic E-state index is 13.9. The van der Waals surface area contributed by atoms with Crippen molar-refractivity contribution in [1.82, 2.24) is 9.55 Å². The van der Waals surface area contributed by atoms with Crippen LogP contribution in [0.15, 0.2) is 48.5 Å². The molecule has 2 amide bonds. The maximum atomic E-state index is 13.9. The van der Waals surface area contributed by atoms with Gasteiger partial charge in [-0.2, -0.15) is 0 Å². The first-order valence-corrected chi connectivity index (χ1v) is 10.5. The van der Waals surface area contributed by atoms with Crippen molar-refractivity contribution in [2.45, 2.75) is 50.6 Å². The summed E-state index contributed by atoms with van der Waals surface area (Å²) in [5, 5.41) is 2.60. The van der Waals surface area contributed by atoms with E-state index < -0.39 is 17.8 Å². The highest BCUT2D eigenvalue weighted by atomic mass is 19.1. The number of nitrogens with zero attached hydrogens (tertiary/aromatic N) is 3. The van der Waals surface area contributed by atoms with E-state index in [1.165, 1.54) is 18.6 Å². The lowest BCUT2D eigenvalue weighted by Crippen LogP contribution is -2.41. The van der Waals surface area contributed by atoms with E-state index in [0.717, 1.165) is 36.7 Å². The van der Waals surface area contributed by atoms with E-state index in [0.29, 0.717) is 5.95 Å². The second-order valence-electron chi connectivity index (χ2n) is 8.02. The van der Waals surface area contributed by atoms with Gasteiger partial charge in [0.25, 0.3) is 5.91 Å². The summed E-state index contributed by atoms with van der Waals surface area (Å²) in [6, 6.07) is 13.1. The fourth-order valence-electron chi connectivity index (χ4n) is 4.68. The highest BCUT2D eigenvalue weighted by molar-refractivity contribution is 6.05. The Bertz CT molecular complexity index is 1120. The predicted octanol–water partition coefficient (Wildman–Crippen LogP) is 4.42. The van der Waals surface area contributed by atoms with Crippen molar-refractivity contribution >= 4 is 34.5 Å². The zero-order chi connectivity index (χ0) is 20.7. The molecule has 1 saturated carbocycles. The Kier molecular flexibility index (Phi) is 4.73. The molecule has 1 unspecified atom stereocenters. The third-order valence-corrected chi connectivity index (χ3v) is 6.09. The van der Waals surface area contributed by atoms with Gasteiger partial charge in [0.05, 0.1) is 23.1 Å². The minimum atomic E-state index is -0.680. The lowest BCUT2D eigenvalue weighted by atomic mass is 9.94.